The van der Waals surface area contributed by atoms with E-state index < -0.39 is 6.67 Å². The van der Waals surface area contributed by atoms with Crippen molar-refractivity contribution in [3.8, 4) is 0 Å². The van der Waals surface area contributed by atoms with Gasteiger partial charge in [-0.2, -0.15) is 0 Å². The Morgan fingerprint density at radius 2 is 2.09 bits per heavy atom. The van der Waals surface area contributed by atoms with E-state index in [1.165, 1.54) is 11.8 Å². The molecule has 0 amide bonds. The Kier molecular flexibility index (Phi) is 7.37. The minimum atomic E-state index is -0.419. The van der Waals surface area contributed by atoms with Crippen molar-refractivity contribution in [3.05, 3.63) is 29.2 Å². The van der Waals surface area contributed by atoms with Crippen molar-refractivity contribution < 1.29 is 14.2 Å². The number of pyridine rings is 1. The lowest BCUT2D eigenvalue weighted by molar-refractivity contribution is 0.0973. The monoisotopic (exact) mass is 522 g/mol. The maximum atomic E-state index is 13.4. The standard InChI is InChI=1S/C24H32ClFN6O2S/c1-15-21(27)24(14-34-15)5-9-31(10-6-24)22-17(13-33)30-19(12-29-22)35-18-4-7-28-23(20(18)25)32-8-2-3-16(32)11-26/h4,7,12,15-16,21,33H,2-3,5-6,8-11,13-14,27H2,1H3/t15-,16?,21+/m0/s1. The number of halogens is 2. The third-order valence-corrected chi connectivity index (χ3v) is 9.18. The molecule has 0 saturated carbocycles. The van der Waals surface area contributed by atoms with Crippen LogP contribution >= 0.6 is 23.4 Å². The first kappa shape index (κ1) is 25.0. The van der Waals surface area contributed by atoms with Gasteiger partial charge in [0.25, 0.3) is 0 Å². The molecule has 3 atom stereocenters. The Bertz CT molecular complexity index is 1060. The molecular formula is C24H32ClFN6O2S. The van der Waals surface area contributed by atoms with Crippen LogP contribution in [0.25, 0.3) is 0 Å². The van der Waals surface area contributed by atoms with Crippen molar-refractivity contribution in [1.82, 2.24) is 15.0 Å². The number of nitrogens with zero attached hydrogens (tertiary/aromatic N) is 5. The number of rotatable bonds is 6. The fraction of sp³-hybridized carbons (Fsp3) is 0.625. The number of anilines is 2. The van der Waals surface area contributed by atoms with E-state index in [1.54, 1.807) is 12.4 Å². The smallest absolute Gasteiger partial charge is 0.152 e. The minimum Gasteiger partial charge on any atom is -0.390 e. The first-order chi connectivity index (χ1) is 17.0. The van der Waals surface area contributed by atoms with Gasteiger partial charge in [0.05, 0.1) is 36.6 Å². The highest BCUT2D eigenvalue weighted by Crippen LogP contribution is 2.43. The third-order valence-electron chi connectivity index (χ3n) is 7.73. The lowest BCUT2D eigenvalue weighted by Gasteiger charge is -2.41. The number of ether oxygens (including phenoxy) is 1. The summed E-state index contributed by atoms with van der Waals surface area (Å²) in [7, 11) is 0. The predicted octanol–water partition coefficient (Wildman–Crippen LogP) is 3.44. The second-order valence-corrected chi connectivity index (χ2v) is 11.2. The topological polar surface area (TPSA) is 101 Å². The molecule has 1 spiro atoms. The summed E-state index contributed by atoms with van der Waals surface area (Å²) in [5.74, 6) is 1.31. The van der Waals surface area contributed by atoms with Gasteiger partial charge < -0.3 is 25.4 Å². The molecule has 0 radical (unpaired) electrons. The molecule has 35 heavy (non-hydrogen) atoms. The molecule has 1 unspecified atom stereocenters. The van der Waals surface area contributed by atoms with Crippen molar-refractivity contribution in [2.45, 2.75) is 67.3 Å². The van der Waals surface area contributed by atoms with Gasteiger partial charge in [0, 0.05) is 42.2 Å². The molecule has 0 bridgehead atoms. The normalized spacial score (nSPS) is 26.1. The molecule has 2 aromatic heterocycles. The second-order valence-electron chi connectivity index (χ2n) is 9.72. The van der Waals surface area contributed by atoms with E-state index in [4.69, 9.17) is 22.1 Å². The highest BCUT2D eigenvalue weighted by molar-refractivity contribution is 7.99. The SMILES string of the molecule is C[C@@H]1OCC2(CCN(c3ncc(Sc4ccnc(N5CCCC5CF)c4Cl)nc3CO)CC2)[C@@H]1N. The number of aliphatic hydroxyl groups excluding tert-OH is 1. The van der Waals surface area contributed by atoms with Crippen LogP contribution in [0.3, 0.4) is 0 Å². The molecule has 3 aliphatic heterocycles. The number of aliphatic hydroxyl groups is 1. The molecule has 5 heterocycles. The Balaban J connectivity index is 1.31. The number of aromatic nitrogens is 3. The van der Waals surface area contributed by atoms with Crippen molar-refractivity contribution in [2.75, 3.05) is 42.7 Å². The third kappa shape index (κ3) is 4.71. The van der Waals surface area contributed by atoms with Gasteiger partial charge in [-0.05, 0) is 38.7 Å². The Hall–Kier alpha value is -1.72. The van der Waals surface area contributed by atoms with Gasteiger partial charge in [-0.15, -0.1) is 0 Å². The van der Waals surface area contributed by atoms with Crippen LogP contribution in [-0.4, -0.2) is 71.2 Å². The predicted molar refractivity (Wildman–Crippen MR) is 135 cm³/mol. The van der Waals surface area contributed by atoms with Crippen molar-refractivity contribution in [1.29, 1.82) is 0 Å². The van der Waals surface area contributed by atoms with Gasteiger partial charge in [0.15, 0.2) is 5.82 Å². The zero-order valence-corrected chi connectivity index (χ0v) is 21.4. The summed E-state index contributed by atoms with van der Waals surface area (Å²) in [6.07, 6.45) is 7.06. The summed E-state index contributed by atoms with van der Waals surface area (Å²) < 4.78 is 19.3. The molecule has 5 rings (SSSR count). The van der Waals surface area contributed by atoms with Crippen molar-refractivity contribution in [2.24, 2.45) is 11.1 Å². The largest absolute Gasteiger partial charge is 0.390 e. The zero-order valence-electron chi connectivity index (χ0n) is 19.9. The summed E-state index contributed by atoms with van der Waals surface area (Å²) in [6, 6.07) is 1.68. The van der Waals surface area contributed by atoms with Gasteiger partial charge in [-0.3, -0.25) is 0 Å². The second kappa shape index (κ2) is 10.3. The van der Waals surface area contributed by atoms with Crippen LogP contribution in [0.1, 0.15) is 38.3 Å². The molecule has 3 N–H and O–H groups in total. The lowest BCUT2D eigenvalue weighted by atomic mass is 9.73. The molecule has 0 aromatic carbocycles. The molecule has 3 saturated heterocycles. The number of hydrogen-bond donors (Lipinski definition) is 2. The van der Waals surface area contributed by atoms with Crippen LogP contribution in [0.5, 0.6) is 0 Å². The van der Waals surface area contributed by atoms with E-state index in [1.807, 2.05) is 17.9 Å². The average Bonchev–Trinajstić information content (AvgIpc) is 3.46. The van der Waals surface area contributed by atoms with Crippen molar-refractivity contribution >= 4 is 35.0 Å². The number of hydrogen-bond acceptors (Lipinski definition) is 9. The summed E-state index contributed by atoms with van der Waals surface area (Å²) in [4.78, 5) is 18.7. The first-order valence-electron chi connectivity index (χ1n) is 12.2. The quantitative estimate of drug-likeness (QED) is 0.590. The van der Waals surface area contributed by atoms with Crippen molar-refractivity contribution in [3.63, 3.8) is 0 Å². The molecular weight excluding hydrogens is 491 g/mol. The van der Waals surface area contributed by atoms with Crippen LogP contribution in [0.2, 0.25) is 5.02 Å². The molecule has 11 heteroatoms. The molecule has 8 nitrogen and oxygen atoms in total. The molecule has 2 aromatic rings. The summed E-state index contributed by atoms with van der Waals surface area (Å²) in [5, 5.41) is 11.2. The molecule has 0 aliphatic carbocycles. The fourth-order valence-corrected chi connectivity index (χ4v) is 6.67. The Morgan fingerprint density at radius 1 is 1.29 bits per heavy atom. The van der Waals surface area contributed by atoms with Gasteiger partial charge in [0.1, 0.15) is 23.2 Å². The summed E-state index contributed by atoms with van der Waals surface area (Å²) in [6.45, 7) is 4.45. The maximum absolute atomic E-state index is 13.4. The summed E-state index contributed by atoms with van der Waals surface area (Å²) in [5.41, 5.74) is 7.00. The van der Waals surface area contributed by atoms with Gasteiger partial charge in [-0.1, -0.05) is 23.4 Å². The summed E-state index contributed by atoms with van der Waals surface area (Å²) >= 11 is 8.06. The van der Waals surface area contributed by atoms with Gasteiger partial charge in [0.2, 0.25) is 0 Å². The van der Waals surface area contributed by atoms with Crippen LogP contribution < -0.4 is 15.5 Å². The van der Waals surface area contributed by atoms with E-state index in [9.17, 15) is 9.50 Å². The van der Waals surface area contributed by atoms with Crippen LogP contribution in [0, 0.1) is 5.41 Å². The molecule has 3 aliphatic rings. The minimum absolute atomic E-state index is 0.0187. The van der Waals surface area contributed by atoms with Crippen LogP contribution in [0.4, 0.5) is 16.0 Å². The van der Waals surface area contributed by atoms with E-state index in [-0.39, 0.29) is 30.2 Å². The van der Waals surface area contributed by atoms with Crippen LogP contribution in [-0.2, 0) is 11.3 Å². The molecule has 3 fully saturated rings. The fourth-order valence-electron chi connectivity index (χ4n) is 5.54. The van der Waals surface area contributed by atoms with E-state index in [2.05, 4.69) is 19.9 Å². The van der Waals surface area contributed by atoms with Gasteiger partial charge in [-0.25, -0.2) is 19.3 Å². The first-order valence-corrected chi connectivity index (χ1v) is 13.4. The zero-order chi connectivity index (χ0) is 24.6. The highest BCUT2D eigenvalue weighted by atomic mass is 35.5. The van der Waals surface area contributed by atoms with Gasteiger partial charge >= 0.3 is 0 Å². The Labute approximate surface area is 214 Å². The number of alkyl halides is 1. The Morgan fingerprint density at radius 3 is 2.77 bits per heavy atom. The average molecular weight is 523 g/mol. The van der Waals surface area contributed by atoms with E-state index >= 15 is 0 Å². The van der Waals surface area contributed by atoms with Crippen LogP contribution in [0.15, 0.2) is 28.4 Å². The highest BCUT2D eigenvalue weighted by Gasteiger charge is 2.47. The maximum Gasteiger partial charge on any atom is 0.152 e. The van der Waals surface area contributed by atoms with E-state index in [0.717, 1.165) is 50.2 Å². The number of nitrogens with two attached hydrogens (primary N) is 1. The van der Waals surface area contributed by atoms with E-state index in [0.29, 0.717) is 34.0 Å². The number of piperidine rings is 1. The lowest BCUT2D eigenvalue weighted by Crippen LogP contribution is -2.51. The molecule has 190 valence electrons.